The SMILES string of the molecule is CCCCCCCCCc1ccc(OCCOCCOCCOCCOCc2ccccc2)cc1. The first-order valence-electron chi connectivity index (χ1n) is 13.4. The molecule has 0 unspecified atom stereocenters. The molecule has 2 aromatic carbocycles. The molecule has 0 heterocycles. The van der Waals surface area contributed by atoms with Crippen LogP contribution in [0.25, 0.3) is 0 Å². The quantitative estimate of drug-likeness (QED) is 0.165. The highest BCUT2D eigenvalue weighted by Gasteiger charge is 1.98. The average Bonchev–Trinajstić information content (AvgIpc) is 2.89. The minimum absolute atomic E-state index is 0.545. The van der Waals surface area contributed by atoms with Crippen LogP contribution >= 0.6 is 0 Å². The van der Waals surface area contributed by atoms with Crippen molar-refractivity contribution in [3.63, 3.8) is 0 Å². The third-order valence-electron chi connectivity index (χ3n) is 5.72. The van der Waals surface area contributed by atoms with E-state index >= 15 is 0 Å². The Morgan fingerprint density at radius 3 is 1.66 bits per heavy atom. The second-order valence-corrected chi connectivity index (χ2v) is 8.74. The van der Waals surface area contributed by atoms with Gasteiger partial charge in [0.05, 0.1) is 52.9 Å². The summed E-state index contributed by atoms with van der Waals surface area (Å²) in [6.07, 6.45) is 10.6. The number of unbranched alkanes of at least 4 members (excludes halogenated alkanes) is 6. The van der Waals surface area contributed by atoms with Gasteiger partial charge < -0.3 is 23.7 Å². The predicted octanol–water partition coefficient (Wildman–Crippen LogP) is 6.63. The Morgan fingerprint density at radius 2 is 1.03 bits per heavy atom. The first kappa shape index (κ1) is 29.3. The van der Waals surface area contributed by atoms with E-state index in [1.807, 2.05) is 18.2 Å². The fraction of sp³-hybridized carbons (Fsp3) is 0.600. The third-order valence-corrected chi connectivity index (χ3v) is 5.72. The lowest BCUT2D eigenvalue weighted by Crippen LogP contribution is -2.13. The molecular formula is C30H46O5. The molecule has 0 aliphatic carbocycles. The van der Waals surface area contributed by atoms with Gasteiger partial charge in [0.1, 0.15) is 12.4 Å². The van der Waals surface area contributed by atoms with Gasteiger partial charge in [0.15, 0.2) is 0 Å². The van der Waals surface area contributed by atoms with Crippen LogP contribution < -0.4 is 4.74 Å². The van der Waals surface area contributed by atoms with Crippen LogP contribution in [0.1, 0.15) is 63.0 Å². The highest BCUT2D eigenvalue weighted by atomic mass is 16.6. The van der Waals surface area contributed by atoms with Crippen molar-refractivity contribution in [2.45, 2.75) is 64.9 Å². The summed E-state index contributed by atoms with van der Waals surface area (Å²) in [7, 11) is 0. The van der Waals surface area contributed by atoms with Crippen LogP contribution in [0.15, 0.2) is 54.6 Å². The minimum Gasteiger partial charge on any atom is -0.491 e. The molecule has 35 heavy (non-hydrogen) atoms. The van der Waals surface area contributed by atoms with Crippen LogP contribution in [0.4, 0.5) is 0 Å². The van der Waals surface area contributed by atoms with Crippen LogP contribution in [0.2, 0.25) is 0 Å². The number of aryl methyl sites for hydroxylation is 1. The molecule has 0 saturated carbocycles. The molecule has 0 radical (unpaired) electrons. The lowest BCUT2D eigenvalue weighted by atomic mass is 10.0. The van der Waals surface area contributed by atoms with Gasteiger partial charge in [-0.2, -0.15) is 0 Å². The molecule has 0 atom stereocenters. The topological polar surface area (TPSA) is 46.2 Å². The van der Waals surface area contributed by atoms with E-state index < -0.39 is 0 Å². The van der Waals surface area contributed by atoms with E-state index in [4.69, 9.17) is 23.7 Å². The molecule has 0 amide bonds. The monoisotopic (exact) mass is 486 g/mol. The lowest BCUT2D eigenvalue weighted by molar-refractivity contribution is -0.00659. The first-order valence-corrected chi connectivity index (χ1v) is 13.4. The van der Waals surface area contributed by atoms with Gasteiger partial charge in [0.25, 0.3) is 0 Å². The first-order chi connectivity index (χ1) is 17.4. The highest BCUT2D eigenvalue weighted by Crippen LogP contribution is 2.15. The third kappa shape index (κ3) is 16.4. The number of ether oxygens (including phenoxy) is 5. The zero-order valence-electron chi connectivity index (χ0n) is 21.8. The Balaban J connectivity index is 1.32. The molecule has 5 nitrogen and oxygen atoms in total. The number of benzene rings is 2. The fourth-order valence-electron chi connectivity index (χ4n) is 3.68. The second kappa shape index (κ2) is 21.4. The summed E-state index contributed by atoms with van der Waals surface area (Å²) in [5.74, 6) is 0.901. The van der Waals surface area contributed by atoms with E-state index in [9.17, 15) is 0 Å². The van der Waals surface area contributed by atoms with Gasteiger partial charge in [-0.25, -0.2) is 0 Å². The van der Waals surface area contributed by atoms with Gasteiger partial charge >= 0.3 is 0 Å². The molecule has 0 saturated heterocycles. The molecule has 5 heteroatoms. The molecular weight excluding hydrogens is 440 g/mol. The molecule has 0 spiro atoms. The Labute approximate surface area is 213 Å². The van der Waals surface area contributed by atoms with Crippen LogP contribution in [0.3, 0.4) is 0 Å². The standard InChI is InChI=1S/C30H46O5/c1-2-3-4-5-6-7-9-12-28-15-17-30(18-16-28)35-26-25-33-22-21-31-19-20-32-23-24-34-27-29-13-10-8-11-14-29/h8,10-11,13-18H,2-7,9,12,19-27H2,1H3. The van der Waals surface area contributed by atoms with E-state index in [0.29, 0.717) is 59.5 Å². The maximum atomic E-state index is 5.76. The van der Waals surface area contributed by atoms with Crippen molar-refractivity contribution in [1.29, 1.82) is 0 Å². The predicted molar refractivity (Wildman–Crippen MR) is 142 cm³/mol. The minimum atomic E-state index is 0.545. The summed E-state index contributed by atoms with van der Waals surface area (Å²) in [6.45, 7) is 7.37. The zero-order chi connectivity index (χ0) is 24.7. The van der Waals surface area contributed by atoms with E-state index in [1.165, 1.54) is 56.1 Å². The Hall–Kier alpha value is -1.92. The van der Waals surface area contributed by atoms with Crippen molar-refractivity contribution in [3.05, 3.63) is 65.7 Å². The molecule has 196 valence electrons. The molecule has 0 aliphatic heterocycles. The summed E-state index contributed by atoms with van der Waals surface area (Å²) in [5, 5.41) is 0. The Kier molecular flexibility index (Phi) is 17.9. The average molecular weight is 487 g/mol. The Morgan fingerprint density at radius 1 is 0.486 bits per heavy atom. The van der Waals surface area contributed by atoms with Gasteiger partial charge in [0.2, 0.25) is 0 Å². The van der Waals surface area contributed by atoms with Crippen molar-refractivity contribution < 1.29 is 23.7 Å². The van der Waals surface area contributed by atoms with Crippen LogP contribution in [-0.4, -0.2) is 52.9 Å². The summed E-state index contributed by atoms with van der Waals surface area (Å²) >= 11 is 0. The summed E-state index contributed by atoms with van der Waals surface area (Å²) in [6, 6.07) is 18.6. The molecule has 0 fully saturated rings. The molecule has 0 aliphatic rings. The summed E-state index contributed by atoms with van der Waals surface area (Å²) in [4.78, 5) is 0. The van der Waals surface area contributed by atoms with Crippen molar-refractivity contribution in [1.82, 2.24) is 0 Å². The van der Waals surface area contributed by atoms with E-state index in [1.54, 1.807) is 0 Å². The molecule has 2 rings (SSSR count). The summed E-state index contributed by atoms with van der Waals surface area (Å²) < 4.78 is 27.9. The van der Waals surface area contributed by atoms with E-state index in [0.717, 1.165) is 12.2 Å². The normalized spacial score (nSPS) is 11.1. The highest BCUT2D eigenvalue weighted by molar-refractivity contribution is 5.27. The summed E-state index contributed by atoms with van der Waals surface area (Å²) in [5.41, 5.74) is 2.57. The molecule has 0 bridgehead atoms. The van der Waals surface area contributed by atoms with E-state index in [2.05, 4.69) is 43.3 Å². The zero-order valence-corrected chi connectivity index (χ0v) is 21.8. The maximum absolute atomic E-state index is 5.76. The maximum Gasteiger partial charge on any atom is 0.119 e. The van der Waals surface area contributed by atoms with Gasteiger partial charge in [-0.05, 0) is 36.1 Å². The van der Waals surface area contributed by atoms with Crippen molar-refractivity contribution in [2.24, 2.45) is 0 Å². The largest absolute Gasteiger partial charge is 0.491 e. The molecule has 2 aromatic rings. The fourth-order valence-corrected chi connectivity index (χ4v) is 3.68. The molecule has 0 aromatic heterocycles. The van der Waals surface area contributed by atoms with Gasteiger partial charge in [0, 0.05) is 0 Å². The second-order valence-electron chi connectivity index (χ2n) is 8.74. The van der Waals surface area contributed by atoms with E-state index in [-0.39, 0.29) is 0 Å². The van der Waals surface area contributed by atoms with Crippen LogP contribution in [0.5, 0.6) is 5.75 Å². The van der Waals surface area contributed by atoms with Gasteiger partial charge in [-0.15, -0.1) is 0 Å². The number of hydrogen-bond donors (Lipinski definition) is 0. The van der Waals surface area contributed by atoms with Gasteiger partial charge in [-0.1, -0.05) is 87.9 Å². The number of hydrogen-bond acceptors (Lipinski definition) is 5. The van der Waals surface area contributed by atoms with Crippen LogP contribution in [-0.2, 0) is 32.0 Å². The lowest BCUT2D eigenvalue weighted by Gasteiger charge is -2.09. The van der Waals surface area contributed by atoms with Gasteiger partial charge in [-0.3, -0.25) is 0 Å². The Bertz CT molecular complexity index is 704. The van der Waals surface area contributed by atoms with Crippen molar-refractivity contribution in [3.8, 4) is 5.75 Å². The molecule has 0 N–H and O–H groups in total. The van der Waals surface area contributed by atoms with Crippen LogP contribution in [0, 0.1) is 0 Å². The number of rotatable bonds is 23. The van der Waals surface area contributed by atoms with Crippen molar-refractivity contribution in [2.75, 3.05) is 52.9 Å². The van der Waals surface area contributed by atoms with Crippen molar-refractivity contribution >= 4 is 0 Å². The smallest absolute Gasteiger partial charge is 0.119 e.